The molecule has 0 aliphatic heterocycles. The van der Waals surface area contributed by atoms with E-state index in [1.807, 2.05) is 0 Å². The van der Waals surface area contributed by atoms with Crippen LogP contribution in [0.3, 0.4) is 0 Å². The number of hydrogen-bond donors (Lipinski definition) is 0. The summed E-state index contributed by atoms with van der Waals surface area (Å²) in [5.74, 6) is -2.07. The van der Waals surface area contributed by atoms with Gasteiger partial charge in [0.05, 0.1) is 11.4 Å². The van der Waals surface area contributed by atoms with Crippen molar-refractivity contribution in [2.75, 3.05) is 14.2 Å². The normalized spacial score (nSPS) is 11.5. The van der Waals surface area contributed by atoms with Crippen molar-refractivity contribution in [1.82, 2.24) is 0 Å². The molecule has 0 saturated carbocycles. The van der Waals surface area contributed by atoms with Crippen LogP contribution in [0.2, 0.25) is 0 Å². The van der Waals surface area contributed by atoms with E-state index in [9.17, 15) is 13.2 Å². The third-order valence-corrected chi connectivity index (χ3v) is 3.61. The fourth-order valence-corrected chi connectivity index (χ4v) is 2.21. The third kappa shape index (κ3) is 6.51. The molecule has 0 aliphatic carbocycles. The zero-order valence-corrected chi connectivity index (χ0v) is 16.3. The molecule has 0 saturated heterocycles. The standard InChI is InChI=1S/C9H9BrFNO.C9H9F2NO/c1-6(12-13-2)8-4-3-7(10)5-9(8)11;1-6(12-13-2)7-3-4-8(10)9(11)5-7/h2*3-5H,1-2H3/b2*12-6+. The van der Waals surface area contributed by atoms with Gasteiger partial charge in [-0.15, -0.1) is 0 Å². The van der Waals surface area contributed by atoms with Crippen LogP contribution in [0.4, 0.5) is 13.2 Å². The van der Waals surface area contributed by atoms with Gasteiger partial charge < -0.3 is 9.68 Å². The molecule has 0 amide bonds. The van der Waals surface area contributed by atoms with Gasteiger partial charge in [0, 0.05) is 15.6 Å². The minimum Gasteiger partial charge on any atom is -0.399 e. The van der Waals surface area contributed by atoms with Gasteiger partial charge in [-0.1, -0.05) is 26.2 Å². The van der Waals surface area contributed by atoms with Crippen molar-refractivity contribution < 1.29 is 22.8 Å². The summed E-state index contributed by atoms with van der Waals surface area (Å²) in [5.41, 5.74) is 1.97. The summed E-state index contributed by atoms with van der Waals surface area (Å²) < 4.78 is 39.2. The minimum atomic E-state index is -0.886. The van der Waals surface area contributed by atoms with E-state index in [1.165, 1.54) is 26.4 Å². The number of benzene rings is 2. The molecule has 0 bridgehead atoms. The molecule has 0 fully saturated rings. The number of nitrogens with zero attached hydrogens (tertiary/aromatic N) is 2. The number of rotatable bonds is 4. The molecule has 0 spiro atoms. The van der Waals surface area contributed by atoms with Crippen LogP contribution in [0.15, 0.2) is 51.2 Å². The topological polar surface area (TPSA) is 43.2 Å². The van der Waals surface area contributed by atoms with E-state index in [2.05, 4.69) is 35.9 Å². The number of oxime groups is 2. The van der Waals surface area contributed by atoms with E-state index in [4.69, 9.17) is 0 Å². The lowest BCUT2D eigenvalue weighted by molar-refractivity contribution is 0.213. The average molecular weight is 431 g/mol. The monoisotopic (exact) mass is 430 g/mol. The molecule has 0 unspecified atom stereocenters. The summed E-state index contributed by atoms with van der Waals surface area (Å²) >= 11 is 3.17. The highest BCUT2D eigenvalue weighted by Crippen LogP contribution is 2.16. The lowest BCUT2D eigenvalue weighted by atomic mass is 10.1. The van der Waals surface area contributed by atoms with Gasteiger partial charge in [0.25, 0.3) is 0 Å². The Morgan fingerprint density at radius 1 is 0.808 bits per heavy atom. The predicted octanol–water partition coefficient (Wildman–Crippen LogP) is 5.29. The van der Waals surface area contributed by atoms with Gasteiger partial charge >= 0.3 is 0 Å². The van der Waals surface area contributed by atoms with E-state index < -0.39 is 11.6 Å². The largest absolute Gasteiger partial charge is 0.399 e. The first-order valence-electron chi connectivity index (χ1n) is 7.36. The molecule has 0 heterocycles. The molecule has 2 aromatic rings. The highest BCUT2D eigenvalue weighted by Gasteiger charge is 2.06. The van der Waals surface area contributed by atoms with Crippen LogP contribution in [-0.4, -0.2) is 25.6 Å². The van der Waals surface area contributed by atoms with E-state index in [-0.39, 0.29) is 5.82 Å². The molecule has 140 valence electrons. The van der Waals surface area contributed by atoms with Crippen LogP contribution in [0.5, 0.6) is 0 Å². The van der Waals surface area contributed by atoms with E-state index in [0.29, 0.717) is 27.0 Å². The molecule has 26 heavy (non-hydrogen) atoms. The smallest absolute Gasteiger partial charge is 0.159 e. The molecule has 2 rings (SSSR count). The van der Waals surface area contributed by atoms with Gasteiger partial charge in [-0.25, -0.2) is 13.2 Å². The Balaban J connectivity index is 0.000000260. The van der Waals surface area contributed by atoms with Gasteiger partial charge in [0.15, 0.2) is 11.6 Å². The minimum absolute atomic E-state index is 0.312. The van der Waals surface area contributed by atoms with Gasteiger partial charge in [-0.2, -0.15) is 0 Å². The van der Waals surface area contributed by atoms with Crippen molar-refractivity contribution in [2.24, 2.45) is 10.3 Å². The molecule has 0 N–H and O–H groups in total. The molecule has 2 aromatic carbocycles. The first-order valence-corrected chi connectivity index (χ1v) is 8.15. The van der Waals surface area contributed by atoms with Gasteiger partial charge in [0.1, 0.15) is 20.0 Å². The lowest BCUT2D eigenvalue weighted by Crippen LogP contribution is -1.99. The maximum absolute atomic E-state index is 13.3. The maximum atomic E-state index is 13.3. The molecule has 0 aliphatic rings. The highest BCUT2D eigenvalue weighted by molar-refractivity contribution is 9.10. The number of hydrogen-bond acceptors (Lipinski definition) is 4. The van der Waals surface area contributed by atoms with Gasteiger partial charge in [-0.05, 0) is 50.2 Å². The second-order valence-electron chi connectivity index (χ2n) is 4.97. The van der Waals surface area contributed by atoms with Crippen molar-refractivity contribution >= 4 is 27.4 Å². The van der Waals surface area contributed by atoms with Crippen LogP contribution in [-0.2, 0) is 9.68 Å². The number of halogens is 4. The first kappa shape index (κ1) is 21.7. The summed E-state index contributed by atoms with van der Waals surface area (Å²) in [4.78, 5) is 9.05. The first-order chi connectivity index (χ1) is 12.3. The Bertz CT molecular complexity index is 811. The van der Waals surface area contributed by atoms with E-state index >= 15 is 0 Å². The highest BCUT2D eigenvalue weighted by atomic mass is 79.9. The van der Waals surface area contributed by atoms with Crippen LogP contribution in [0.25, 0.3) is 0 Å². The molecule has 4 nitrogen and oxygen atoms in total. The second-order valence-corrected chi connectivity index (χ2v) is 5.89. The molecular weight excluding hydrogens is 413 g/mol. The second kappa shape index (κ2) is 10.6. The zero-order valence-electron chi connectivity index (χ0n) is 14.7. The van der Waals surface area contributed by atoms with Crippen molar-refractivity contribution in [3.63, 3.8) is 0 Å². The Morgan fingerprint density at radius 3 is 1.96 bits per heavy atom. The quantitative estimate of drug-likeness (QED) is 0.488. The molecule has 0 aromatic heterocycles. The maximum Gasteiger partial charge on any atom is 0.159 e. The van der Waals surface area contributed by atoms with Crippen molar-refractivity contribution in [2.45, 2.75) is 13.8 Å². The summed E-state index contributed by atoms with van der Waals surface area (Å²) in [5, 5.41) is 7.24. The van der Waals surface area contributed by atoms with Crippen LogP contribution >= 0.6 is 15.9 Å². The third-order valence-electron chi connectivity index (χ3n) is 3.11. The summed E-state index contributed by atoms with van der Waals surface area (Å²) in [7, 11) is 2.82. The van der Waals surface area contributed by atoms with E-state index in [1.54, 1.807) is 26.0 Å². The van der Waals surface area contributed by atoms with Gasteiger partial charge in [-0.3, -0.25) is 0 Å². The average Bonchev–Trinajstić information content (AvgIpc) is 2.58. The Morgan fingerprint density at radius 2 is 1.42 bits per heavy atom. The SMILES string of the molecule is CO/N=C(\C)c1ccc(Br)cc1F.CO/N=C(\C)c1ccc(F)c(F)c1. The lowest BCUT2D eigenvalue weighted by Gasteiger charge is -2.01. The summed E-state index contributed by atoms with van der Waals surface area (Å²) in [6.45, 7) is 3.34. The van der Waals surface area contributed by atoms with Crippen LogP contribution < -0.4 is 0 Å². The van der Waals surface area contributed by atoms with Gasteiger partial charge in [0.2, 0.25) is 0 Å². The molecule has 8 heteroatoms. The molecular formula is C18H18BrF3N2O2. The summed E-state index contributed by atoms with van der Waals surface area (Å²) in [6.07, 6.45) is 0. The van der Waals surface area contributed by atoms with Crippen LogP contribution in [0, 0.1) is 17.5 Å². The fourth-order valence-electron chi connectivity index (χ4n) is 1.88. The van der Waals surface area contributed by atoms with Crippen molar-refractivity contribution in [3.8, 4) is 0 Å². The van der Waals surface area contributed by atoms with Crippen molar-refractivity contribution in [1.29, 1.82) is 0 Å². The van der Waals surface area contributed by atoms with E-state index in [0.717, 1.165) is 12.1 Å². The predicted molar refractivity (Wildman–Crippen MR) is 98.9 cm³/mol. The Kier molecular flexibility index (Phi) is 8.84. The summed E-state index contributed by atoms with van der Waals surface area (Å²) in [6, 6.07) is 8.37. The zero-order chi connectivity index (χ0) is 19.7. The molecule has 0 radical (unpaired) electrons. The van der Waals surface area contributed by atoms with Crippen molar-refractivity contribution in [3.05, 3.63) is 69.4 Å². The van der Waals surface area contributed by atoms with Crippen LogP contribution in [0.1, 0.15) is 25.0 Å². The molecule has 0 atom stereocenters. The Labute approximate surface area is 158 Å². The fraction of sp³-hybridized carbons (Fsp3) is 0.222. The Hall–Kier alpha value is -2.35.